The molecule has 0 fully saturated rings. The average molecular weight is 298 g/mol. The Hall–Kier alpha value is -1.07. The molecular formula is C15H26N2O2S. The number of hydrogen-bond donors (Lipinski definition) is 1. The smallest absolute Gasteiger partial charge is 0.178 e. The molecule has 20 heavy (non-hydrogen) atoms. The number of nitrogens with one attached hydrogen (secondary N) is 1. The van der Waals surface area contributed by atoms with Gasteiger partial charge in [0.2, 0.25) is 0 Å². The van der Waals surface area contributed by atoms with Crippen LogP contribution in [0.1, 0.15) is 27.2 Å². The molecule has 114 valence electrons. The maximum absolute atomic E-state index is 12.0. The fourth-order valence-electron chi connectivity index (χ4n) is 2.11. The quantitative estimate of drug-likeness (QED) is 0.711. The van der Waals surface area contributed by atoms with Gasteiger partial charge in [-0.25, -0.2) is 8.42 Å². The van der Waals surface area contributed by atoms with E-state index in [2.05, 4.69) is 24.1 Å². The molecule has 0 bridgehead atoms. The molecule has 1 N–H and O–H groups in total. The summed E-state index contributed by atoms with van der Waals surface area (Å²) in [4.78, 5) is 2.66. The van der Waals surface area contributed by atoms with Crippen molar-refractivity contribution < 1.29 is 8.42 Å². The van der Waals surface area contributed by atoms with Crippen LogP contribution in [-0.4, -0.2) is 40.3 Å². The molecule has 0 unspecified atom stereocenters. The van der Waals surface area contributed by atoms with Crippen molar-refractivity contribution in [2.75, 3.05) is 36.8 Å². The van der Waals surface area contributed by atoms with E-state index in [1.807, 2.05) is 19.1 Å². The third kappa shape index (κ3) is 4.80. The van der Waals surface area contributed by atoms with Crippen LogP contribution >= 0.6 is 0 Å². The van der Waals surface area contributed by atoms with Gasteiger partial charge in [-0.2, -0.15) is 0 Å². The van der Waals surface area contributed by atoms with E-state index >= 15 is 0 Å². The first-order valence-electron chi connectivity index (χ1n) is 7.33. The zero-order valence-corrected chi connectivity index (χ0v) is 13.5. The van der Waals surface area contributed by atoms with Gasteiger partial charge in [0.1, 0.15) is 0 Å². The lowest BCUT2D eigenvalue weighted by Crippen LogP contribution is -2.31. The summed E-state index contributed by atoms with van der Waals surface area (Å²) in [5.74, 6) is 0.213. The molecule has 0 aliphatic heterocycles. The summed E-state index contributed by atoms with van der Waals surface area (Å²) in [5.41, 5.74) is 1.07. The first-order valence-corrected chi connectivity index (χ1v) is 8.98. The highest BCUT2D eigenvalue weighted by Gasteiger charge is 2.13. The van der Waals surface area contributed by atoms with Crippen LogP contribution in [0.15, 0.2) is 29.2 Å². The predicted molar refractivity (Wildman–Crippen MR) is 85.2 cm³/mol. The summed E-state index contributed by atoms with van der Waals surface area (Å²) < 4.78 is 23.9. The fraction of sp³-hybridized carbons (Fsp3) is 0.600. The van der Waals surface area contributed by atoms with Gasteiger partial charge in [-0.05, 0) is 44.2 Å². The summed E-state index contributed by atoms with van der Waals surface area (Å²) >= 11 is 0. The SMILES string of the molecule is CCCS(=O)(=O)c1ccc(N(CC)CCNCC)cc1. The normalized spacial score (nSPS) is 11.6. The van der Waals surface area contributed by atoms with Crippen LogP contribution in [-0.2, 0) is 9.84 Å². The highest BCUT2D eigenvalue weighted by atomic mass is 32.2. The Morgan fingerprint density at radius 3 is 2.25 bits per heavy atom. The zero-order valence-electron chi connectivity index (χ0n) is 12.7. The summed E-state index contributed by atoms with van der Waals surface area (Å²) in [6.07, 6.45) is 0.647. The Morgan fingerprint density at radius 1 is 1.10 bits per heavy atom. The Labute approximate surface area is 123 Å². The second kappa shape index (κ2) is 8.27. The molecule has 1 aromatic carbocycles. The fourth-order valence-corrected chi connectivity index (χ4v) is 3.44. The lowest BCUT2D eigenvalue weighted by Gasteiger charge is -2.23. The maximum Gasteiger partial charge on any atom is 0.178 e. The molecule has 5 heteroatoms. The van der Waals surface area contributed by atoms with Crippen LogP contribution in [0.3, 0.4) is 0 Å². The van der Waals surface area contributed by atoms with E-state index < -0.39 is 9.84 Å². The van der Waals surface area contributed by atoms with Gasteiger partial charge in [0, 0.05) is 25.3 Å². The van der Waals surface area contributed by atoms with E-state index in [9.17, 15) is 8.42 Å². The van der Waals surface area contributed by atoms with Crippen LogP contribution in [0.5, 0.6) is 0 Å². The number of nitrogens with zero attached hydrogens (tertiary/aromatic N) is 1. The van der Waals surface area contributed by atoms with Gasteiger partial charge in [-0.15, -0.1) is 0 Å². The van der Waals surface area contributed by atoms with Crippen molar-refractivity contribution >= 4 is 15.5 Å². The third-order valence-corrected chi connectivity index (χ3v) is 5.16. The second-order valence-electron chi connectivity index (χ2n) is 4.75. The molecule has 0 aliphatic carbocycles. The van der Waals surface area contributed by atoms with Crippen molar-refractivity contribution in [2.24, 2.45) is 0 Å². The number of sulfone groups is 1. The molecule has 0 saturated carbocycles. The lowest BCUT2D eigenvalue weighted by molar-refractivity contribution is 0.594. The van der Waals surface area contributed by atoms with E-state index in [0.717, 1.165) is 31.9 Å². The van der Waals surface area contributed by atoms with Gasteiger partial charge < -0.3 is 10.2 Å². The topological polar surface area (TPSA) is 49.4 Å². The van der Waals surface area contributed by atoms with Gasteiger partial charge in [-0.1, -0.05) is 13.8 Å². The Kier molecular flexibility index (Phi) is 7.02. The summed E-state index contributed by atoms with van der Waals surface area (Å²) in [7, 11) is -3.11. The summed E-state index contributed by atoms with van der Waals surface area (Å²) in [6, 6.07) is 7.24. The van der Waals surface area contributed by atoms with Crippen molar-refractivity contribution in [1.82, 2.24) is 5.32 Å². The molecule has 0 radical (unpaired) electrons. The molecule has 0 spiro atoms. The molecule has 0 aliphatic rings. The second-order valence-corrected chi connectivity index (χ2v) is 6.86. The molecule has 1 aromatic rings. The van der Waals surface area contributed by atoms with E-state index in [4.69, 9.17) is 0 Å². The molecule has 0 heterocycles. The van der Waals surface area contributed by atoms with Crippen LogP contribution in [0.2, 0.25) is 0 Å². The Bertz CT molecular complexity index is 483. The van der Waals surface area contributed by atoms with Crippen molar-refractivity contribution in [3.8, 4) is 0 Å². The number of hydrogen-bond acceptors (Lipinski definition) is 4. The molecule has 0 amide bonds. The summed E-state index contributed by atoms with van der Waals surface area (Å²) in [5, 5.41) is 3.30. The number of likely N-dealkylation sites (N-methyl/N-ethyl adjacent to an activating group) is 2. The van der Waals surface area contributed by atoms with Crippen LogP contribution in [0, 0.1) is 0 Å². The standard InChI is InChI=1S/C15H26N2O2S/c1-4-13-20(18,19)15-9-7-14(8-10-15)17(6-3)12-11-16-5-2/h7-10,16H,4-6,11-13H2,1-3H3. The monoisotopic (exact) mass is 298 g/mol. The first kappa shape index (κ1) is 17.0. The van der Waals surface area contributed by atoms with Crippen molar-refractivity contribution in [3.05, 3.63) is 24.3 Å². The summed E-state index contributed by atoms with van der Waals surface area (Å²) in [6.45, 7) is 9.80. The van der Waals surface area contributed by atoms with Crippen molar-refractivity contribution in [3.63, 3.8) is 0 Å². The van der Waals surface area contributed by atoms with E-state index in [1.165, 1.54) is 0 Å². The average Bonchev–Trinajstić information content (AvgIpc) is 2.44. The molecule has 0 aromatic heterocycles. The maximum atomic E-state index is 12.0. The lowest BCUT2D eigenvalue weighted by atomic mass is 10.3. The Balaban J connectivity index is 2.78. The zero-order chi connectivity index (χ0) is 15.0. The van der Waals surface area contributed by atoms with E-state index in [-0.39, 0.29) is 5.75 Å². The highest BCUT2D eigenvalue weighted by Crippen LogP contribution is 2.19. The van der Waals surface area contributed by atoms with Crippen molar-refractivity contribution in [2.45, 2.75) is 32.1 Å². The van der Waals surface area contributed by atoms with Crippen LogP contribution in [0.25, 0.3) is 0 Å². The van der Waals surface area contributed by atoms with Gasteiger partial charge in [0.05, 0.1) is 10.6 Å². The molecule has 1 rings (SSSR count). The predicted octanol–water partition coefficient (Wildman–Crippen LogP) is 2.31. The minimum Gasteiger partial charge on any atom is -0.371 e. The largest absolute Gasteiger partial charge is 0.371 e. The number of benzene rings is 1. The van der Waals surface area contributed by atoms with Crippen molar-refractivity contribution in [1.29, 1.82) is 0 Å². The van der Waals surface area contributed by atoms with E-state index in [1.54, 1.807) is 12.1 Å². The van der Waals surface area contributed by atoms with Gasteiger partial charge in [-0.3, -0.25) is 0 Å². The minimum atomic E-state index is -3.11. The first-order chi connectivity index (χ1) is 9.55. The van der Waals surface area contributed by atoms with Gasteiger partial charge >= 0.3 is 0 Å². The molecule has 4 nitrogen and oxygen atoms in total. The number of anilines is 1. The highest BCUT2D eigenvalue weighted by molar-refractivity contribution is 7.91. The number of rotatable bonds is 9. The molecule has 0 saturated heterocycles. The molecule has 0 atom stereocenters. The van der Waals surface area contributed by atoms with Crippen LogP contribution in [0.4, 0.5) is 5.69 Å². The van der Waals surface area contributed by atoms with Gasteiger partial charge in [0.15, 0.2) is 9.84 Å². The Morgan fingerprint density at radius 2 is 1.75 bits per heavy atom. The third-order valence-electron chi connectivity index (χ3n) is 3.22. The van der Waals surface area contributed by atoms with E-state index in [0.29, 0.717) is 11.3 Å². The van der Waals surface area contributed by atoms with Crippen LogP contribution < -0.4 is 10.2 Å². The molecular weight excluding hydrogens is 272 g/mol. The van der Waals surface area contributed by atoms with Gasteiger partial charge in [0.25, 0.3) is 0 Å². The minimum absolute atomic E-state index is 0.213.